The largest absolute Gasteiger partial charge is 0.465 e. The second-order valence-electron chi connectivity index (χ2n) is 3.56. The molecule has 0 aromatic heterocycles. The average Bonchev–Trinajstić information content (AvgIpc) is 2.45. The van der Waals surface area contributed by atoms with E-state index in [-0.39, 0.29) is 5.97 Å². The third-order valence-electron chi connectivity index (χ3n) is 2.34. The Kier molecular flexibility index (Phi) is 4.25. The van der Waals surface area contributed by atoms with Gasteiger partial charge in [0, 0.05) is 10.6 Å². The first-order valence-corrected chi connectivity index (χ1v) is 6.28. The number of carbonyl (C=O) groups excluding carboxylic acids is 1. The van der Waals surface area contributed by atoms with Crippen LogP contribution in [0.4, 0.5) is 5.69 Å². The molecule has 0 heterocycles. The van der Waals surface area contributed by atoms with E-state index < -0.39 is 0 Å². The summed E-state index contributed by atoms with van der Waals surface area (Å²) in [4.78, 5) is 12.4. The molecule has 0 atom stereocenters. The van der Waals surface area contributed by atoms with Crippen molar-refractivity contribution in [2.24, 2.45) is 0 Å². The van der Waals surface area contributed by atoms with E-state index in [1.165, 1.54) is 19.1 Å². The molecule has 0 aliphatic heterocycles. The van der Waals surface area contributed by atoms with E-state index >= 15 is 0 Å². The lowest BCUT2D eigenvalue weighted by molar-refractivity contribution is 0.0597. The number of rotatable bonds is 4. The smallest absolute Gasteiger partial charge is 0.339 e. The van der Waals surface area contributed by atoms with Crippen LogP contribution in [0.3, 0.4) is 0 Å². The first-order valence-electron chi connectivity index (χ1n) is 5.46. The van der Waals surface area contributed by atoms with Gasteiger partial charge in [0.05, 0.1) is 12.7 Å². The summed E-state index contributed by atoms with van der Waals surface area (Å²) >= 11 is 1.39. The zero-order chi connectivity index (χ0) is 12.8. The molecule has 3 nitrogen and oxygen atoms in total. The highest BCUT2D eigenvalue weighted by Crippen LogP contribution is 2.24. The third-order valence-corrected chi connectivity index (χ3v) is 3.26. The second-order valence-corrected chi connectivity index (χ2v) is 4.41. The van der Waals surface area contributed by atoms with Crippen LogP contribution in [0.25, 0.3) is 0 Å². The lowest BCUT2D eigenvalue weighted by Crippen LogP contribution is -2.03. The fourth-order valence-electron chi connectivity index (χ4n) is 1.45. The van der Waals surface area contributed by atoms with Crippen LogP contribution in [0.1, 0.15) is 10.4 Å². The molecule has 92 valence electrons. The van der Waals surface area contributed by atoms with Gasteiger partial charge in [-0.25, -0.2) is 4.79 Å². The van der Waals surface area contributed by atoms with Gasteiger partial charge in [0.15, 0.2) is 0 Å². The number of hydrogen-bond acceptors (Lipinski definition) is 4. The maximum Gasteiger partial charge on any atom is 0.339 e. The molecule has 0 unspecified atom stereocenters. The van der Waals surface area contributed by atoms with Crippen LogP contribution < -0.4 is 4.72 Å². The van der Waals surface area contributed by atoms with Crippen LogP contribution in [0.5, 0.6) is 0 Å². The average molecular weight is 259 g/mol. The minimum absolute atomic E-state index is 0.326. The molecule has 1 N–H and O–H groups in total. The van der Waals surface area contributed by atoms with Crippen LogP contribution in [-0.2, 0) is 4.74 Å². The first-order chi connectivity index (χ1) is 8.81. The van der Waals surface area contributed by atoms with Gasteiger partial charge in [0.25, 0.3) is 0 Å². The molecule has 0 saturated heterocycles. The van der Waals surface area contributed by atoms with Crippen molar-refractivity contribution in [1.82, 2.24) is 0 Å². The number of benzene rings is 2. The molecule has 0 spiro atoms. The van der Waals surface area contributed by atoms with Crippen molar-refractivity contribution >= 4 is 23.6 Å². The summed E-state index contributed by atoms with van der Waals surface area (Å²) in [6.07, 6.45) is 0. The Labute approximate surface area is 110 Å². The maximum absolute atomic E-state index is 11.6. The molecule has 0 saturated carbocycles. The molecule has 0 bridgehead atoms. The molecule has 0 fully saturated rings. The number of ether oxygens (including phenoxy) is 1. The fourth-order valence-corrected chi connectivity index (χ4v) is 2.23. The van der Waals surface area contributed by atoms with Gasteiger partial charge >= 0.3 is 5.97 Å². The number of anilines is 1. The SMILES string of the molecule is COC(=O)c1ccccc1SNc1ccccc1. The highest BCUT2D eigenvalue weighted by atomic mass is 32.2. The molecule has 0 radical (unpaired) electrons. The highest BCUT2D eigenvalue weighted by Gasteiger charge is 2.11. The summed E-state index contributed by atoms with van der Waals surface area (Å²) in [6, 6.07) is 17.1. The molecule has 2 rings (SSSR count). The molecule has 18 heavy (non-hydrogen) atoms. The van der Waals surface area contributed by atoms with Crippen molar-refractivity contribution in [3.8, 4) is 0 Å². The monoisotopic (exact) mass is 259 g/mol. The van der Waals surface area contributed by atoms with Gasteiger partial charge in [-0.3, -0.25) is 0 Å². The van der Waals surface area contributed by atoms with Crippen molar-refractivity contribution in [1.29, 1.82) is 0 Å². The molecule has 0 aliphatic rings. The predicted octanol–water partition coefficient (Wildman–Crippen LogP) is 3.59. The summed E-state index contributed by atoms with van der Waals surface area (Å²) in [7, 11) is 1.38. The third kappa shape index (κ3) is 3.05. The Morgan fingerprint density at radius 1 is 1.06 bits per heavy atom. The van der Waals surface area contributed by atoms with Crippen molar-refractivity contribution in [3.05, 3.63) is 60.2 Å². The summed E-state index contributed by atoms with van der Waals surface area (Å²) in [5.74, 6) is -0.326. The van der Waals surface area contributed by atoms with E-state index in [0.29, 0.717) is 5.56 Å². The van der Waals surface area contributed by atoms with Gasteiger partial charge in [-0.1, -0.05) is 30.3 Å². The van der Waals surface area contributed by atoms with Gasteiger partial charge in [-0.15, -0.1) is 0 Å². The Hall–Kier alpha value is -1.94. The lowest BCUT2D eigenvalue weighted by Gasteiger charge is -2.08. The minimum Gasteiger partial charge on any atom is -0.465 e. The Bertz CT molecular complexity index is 528. The Morgan fingerprint density at radius 3 is 2.44 bits per heavy atom. The number of para-hydroxylation sites is 1. The van der Waals surface area contributed by atoms with Crippen molar-refractivity contribution in [2.75, 3.05) is 11.8 Å². The van der Waals surface area contributed by atoms with Gasteiger partial charge in [0.1, 0.15) is 0 Å². The summed E-state index contributed by atoms with van der Waals surface area (Å²) in [6.45, 7) is 0. The topological polar surface area (TPSA) is 38.3 Å². The lowest BCUT2D eigenvalue weighted by atomic mass is 10.2. The Balaban J connectivity index is 2.12. The highest BCUT2D eigenvalue weighted by molar-refractivity contribution is 8.00. The van der Waals surface area contributed by atoms with E-state index in [1.807, 2.05) is 48.5 Å². The second kappa shape index (κ2) is 6.12. The first kappa shape index (κ1) is 12.5. The Morgan fingerprint density at radius 2 is 1.72 bits per heavy atom. The minimum atomic E-state index is -0.326. The van der Waals surface area contributed by atoms with Crippen molar-refractivity contribution in [2.45, 2.75) is 4.90 Å². The number of nitrogens with one attached hydrogen (secondary N) is 1. The normalized spacial score (nSPS) is 9.83. The maximum atomic E-state index is 11.6. The van der Waals surface area contributed by atoms with E-state index in [1.54, 1.807) is 6.07 Å². The molecule has 2 aromatic carbocycles. The van der Waals surface area contributed by atoms with Gasteiger partial charge < -0.3 is 9.46 Å². The molecule has 2 aromatic rings. The van der Waals surface area contributed by atoms with E-state index in [4.69, 9.17) is 4.74 Å². The summed E-state index contributed by atoms with van der Waals surface area (Å²) < 4.78 is 7.94. The fraction of sp³-hybridized carbons (Fsp3) is 0.0714. The number of hydrogen-bond donors (Lipinski definition) is 1. The van der Waals surface area contributed by atoms with Crippen LogP contribution >= 0.6 is 11.9 Å². The molecular weight excluding hydrogens is 246 g/mol. The zero-order valence-electron chi connectivity index (χ0n) is 9.92. The van der Waals surface area contributed by atoms with Gasteiger partial charge in [-0.05, 0) is 36.2 Å². The molecule has 0 amide bonds. The number of methoxy groups -OCH3 is 1. The standard InChI is InChI=1S/C14H13NO2S/c1-17-14(16)12-9-5-6-10-13(12)18-15-11-7-3-2-4-8-11/h2-10,15H,1H3. The zero-order valence-corrected chi connectivity index (χ0v) is 10.7. The van der Waals surface area contributed by atoms with Gasteiger partial charge in [0.2, 0.25) is 0 Å². The van der Waals surface area contributed by atoms with Crippen LogP contribution in [-0.4, -0.2) is 13.1 Å². The molecular formula is C14H13NO2S. The predicted molar refractivity (Wildman–Crippen MR) is 73.7 cm³/mol. The number of carbonyl (C=O) groups is 1. The van der Waals surface area contributed by atoms with Crippen molar-refractivity contribution < 1.29 is 9.53 Å². The van der Waals surface area contributed by atoms with Gasteiger partial charge in [-0.2, -0.15) is 0 Å². The van der Waals surface area contributed by atoms with E-state index in [9.17, 15) is 4.79 Å². The quantitative estimate of drug-likeness (QED) is 0.672. The van der Waals surface area contributed by atoms with Crippen LogP contribution in [0.2, 0.25) is 0 Å². The summed E-state index contributed by atoms with van der Waals surface area (Å²) in [5.41, 5.74) is 1.55. The number of esters is 1. The molecule has 4 heteroatoms. The van der Waals surface area contributed by atoms with E-state index in [0.717, 1.165) is 10.6 Å². The molecule has 0 aliphatic carbocycles. The van der Waals surface area contributed by atoms with Crippen molar-refractivity contribution in [3.63, 3.8) is 0 Å². The summed E-state index contributed by atoms with van der Waals surface area (Å²) in [5, 5.41) is 0. The van der Waals surface area contributed by atoms with Crippen LogP contribution in [0.15, 0.2) is 59.5 Å². The van der Waals surface area contributed by atoms with Crippen LogP contribution in [0, 0.1) is 0 Å². The van der Waals surface area contributed by atoms with E-state index in [2.05, 4.69) is 4.72 Å².